The molecular formula is C23H38O3. The van der Waals surface area contributed by atoms with Crippen molar-refractivity contribution in [1.29, 1.82) is 0 Å². The van der Waals surface area contributed by atoms with Crippen LogP contribution in [0.5, 0.6) is 0 Å². The molecule has 0 spiro atoms. The second-order valence-corrected chi connectivity index (χ2v) is 11.0. The number of rotatable bonds is 1. The Morgan fingerprint density at radius 3 is 2.23 bits per heavy atom. The highest BCUT2D eigenvalue weighted by Gasteiger charge is 2.63. The van der Waals surface area contributed by atoms with Crippen LogP contribution in [0.4, 0.5) is 0 Å². The normalized spacial score (nSPS) is 55.8. The zero-order valence-electron chi connectivity index (χ0n) is 17.0. The Morgan fingerprint density at radius 1 is 0.769 bits per heavy atom. The monoisotopic (exact) mass is 362 g/mol. The van der Waals surface area contributed by atoms with Gasteiger partial charge >= 0.3 is 0 Å². The lowest BCUT2D eigenvalue weighted by Crippen LogP contribution is -2.55. The van der Waals surface area contributed by atoms with Crippen molar-refractivity contribution in [1.82, 2.24) is 0 Å². The second kappa shape index (κ2) is 5.94. The van der Waals surface area contributed by atoms with E-state index in [0.717, 1.165) is 49.7 Å². The minimum absolute atomic E-state index is 0.0362. The summed E-state index contributed by atoms with van der Waals surface area (Å²) in [6, 6.07) is 0. The second-order valence-electron chi connectivity index (χ2n) is 11.0. The van der Waals surface area contributed by atoms with Gasteiger partial charge in [-0.2, -0.15) is 0 Å². The van der Waals surface area contributed by atoms with Crippen molar-refractivity contribution in [3.05, 3.63) is 0 Å². The number of fused-ring (bicyclic) bond motifs is 5. The highest BCUT2D eigenvalue weighted by molar-refractivity contribution is 5.11. The molecule has 0 amide bonds. The smallest absolute Gasteiger partial charge is 0.169 e. The van der Waals surface area contributed by atoms with Gasteiger partial charge in [-0.05, 0) is 99.2 Å². The number of aliphatic hydroxyl groups is 1. The molecule has 5 rings (SSSR count). The van der Waals surface area contributed by atoms with Crippen LogP contribution in [0.15, 0.2) is 0 Å². The molecule has 7 unspecified atom stereocenters. The summed E-state index contributed by atoms with van der Waals surface area (Å²) in [5.41, 5.74) is 0.865. The number of ether oxygens (including phenoxy) is 2. The van der Waals surface area contributed by atoms with Gasteiger partial charge in [0.05, 0.1) is 19.3 Å². The lowest BCUT2D eigenvalue weighted by Gasteiger charge is -2.61. The predicted molar refractivity (Wildman–Crippen MR) is 102 cm³/mol. The summed E-state index contributed by atoms with van der Waals surface area (Å²) < 4.78 is 12.3. The third kappa shape index (κ3) is 2.35. The van der Waals surface area contributed by atoms with E-state index in [1.807, 2.05) is 0 Å². The van der Waals surface area contributed by atoms with Gasteiger partial charge in [-0.15, -0.1) is 0 Å². The van der Waals surface area contributed by atoms with Gasteiger partial charge in [0.15, 0.2) is 5.79 Å². The summed E-state index contributed by atoms with van der Waals surface area (Å²) >= 11 is 0. The van der Waals surface area contributed by atoms with Crippen LogP contribution in [0.1, 0.15) is 78.6 Å². The number of aliphatic hydroxyl groups excluding tert-OH is 1. The first-order valence-electron chi connectivity index (χ1n) is 11.3. The fourth-order valence-corrected chi connectivity index (χ4v) is 8.83. The summed E-state index contributed by atoms with van der Waals surface area (Å²) in [5.74, 6) is 3.59. The summed E-state index contributed by atoms with van der Waals surface area (Å²) in [6.07, 6.45) is 11.4. The van der Waals surface area contributed by atoms with Crippen molar-refractivity contribution in [3.8, 4) is 0 Å². The third-order valence-corrected chi connectivity index (χ3v) is 10.1. The van der Waals surface area contributed by atoms with E-state index >= 15 is 0 Å². The Labute approximate surface area is 159 Å². The van der Waals surface area contributed by atoms with Crippen LogP contribution >= 0.6 is 0 Å². The first-order chi connectivity index (χ1) is 12.4. The molecule has 8 atom stereocenters. The quantitative estimate of drug-likeness (QED) is 0.730. The molecule has 0 aromatic rings. The van der Waals surface area contributed by atoms with E-state index in [1.54, 1.807) is 0 Å². The van der Waals surface area contributed by atoms with Gasteiger partial charge in [-0.25, -0.2) is 0 Å². The highest BCUT2D eigenvalue weighted by atomic mass is 16.7. The number of hydrogen-bond donors (Lipinski definition) is 1. The SMILES string of the molecule is CC1(C2CCC3C4CCC5C[C@H](O)CCC5(C)C4CCC32C)OCCO1. The third-order valence-electron chi connectivity index (χ3n) is 10.1. The Balaban J connectivity index is 1.41. The standard InChI is InChI=1S/C23H38O3/c1-21-10-8-16(24)14-15(21)4-5-17-18-6-7-20(23(3)25-12-13-26-23)22(18,2)11-9-19(17)21/h15-20,24H,4-14H2,1-3H3/t15?,16-,17?,18?,19?,20?,21?,22?/m1/s1. The minimum atomic E-state index is -0.341. The van der Waals surface area contributed by atoms with E-state index in [0.29, 0.717) is 16.7 Å². The average molecular weight is 363 g/mol. The van der Waals surface area contributed by atoms with Crippen molar-refractivity contribution in [2.75, 3.05) is 13.2 Å². The van der Waals surface area contributed by atoms with Gasteiger partial charge < -0.3 is 14.6 Å². The van der Waals surface area contributed by atoms with E-state index in [-0.39, 0.29) is 11.9 Å². The topological polar surface area (TPSA) is 38.7 Å². The predicted octanol–water partition coefficient (Wildman–Crippen LogP) is 4.77. The molecule has 4 saturated carbocycles. The van der Waals surface area contributed by atoms with E-state index < -0.39 is 0 Å². The summed E-state index contributed by atoms with van der Waals surface area (Å²) in [5, 5.41) is 10.2. The van der Waals surface area contributed by atoms with Crippen molar-refractivity contribution in [2.45, 2.75) is 90.4 Å². The van der Waals surface area contributed by atoms with Crippen molar-refractivity contribution >= 4 is 0 Å². The lowest BCUT2D eigenvalue weighted by atomic mass is 9.44. The summed E-state index contributed by atoms with van der Waals surface area (Å²) in [6.45, 7) is 8.90. The van der Waals surface area contributed by atoms with Crippen LogP contribution in [0, 0.1) is 40.4 Å². The minimum Gasteiger partial charge on any atom is -0.393 e. The molecule has 0 bridgehead atoms. The maximum atomic E-state index is 10.2. The van der Waals surface area contributed by atoms with E-state index in [2.05, 4.69) is 20.8 Å². The lowest BCUT2D eigenvalue weighted by molar-refractivity contribution is -0.218. The van der Waals surface area contributed by atoms with Gasteiger partial charge in [0.2, 0.25) is 0 Å². The van der Waals surface area contributed by atoms with Crippen molar-refractivity contribution in [3.63, 3.8) is 0 Å². The zero-order valence-corrected chi connectivity index (χ0v) is 17.0. The fraction of sp³-hybridized carbons (Fsp3) is 1.00. The largest absolute Gasteiger partial charge is 0.393 e. The van der Waals surface area contributed by atoms with E-state index in [9.17, 15) is 5.11 Å². The Bertz CT molecular complexity index is 556. The van der Waals surface area contributed by atoms with Gasteiger partial charge in [-0.1, -0.05) is 13.8 Å². The van der Waals surface area contributed by atoms with Crippen LogP contribution in [0.2, 0.25) is 0 Å². The van der Waals surface area contributed by atoms with Crippen LogP contribution < -0.4 is 0 Å². The number of hydrogen-bond acceptors (Lipinski definition) is 3. The molecule has 1 N–H and O–H groups in total. The molecule has 26 heavy (non-hydrogen) atoms. The van der Waals surface area contributed by atoms with E-state index in [4.69, 9.17) is 9.47 Å². The molecule has 5 aliphatic rings. The zero-order chi connectivity index (χ0) is 18.2. The maximum absolute atomic E-state index is 10.2. The van der Waals surface area contributed by atoms with Crippen LogP contribution in [-0.4, -0.2) is 30.2 Å². The van der Waals surface area contributed by atoms with Gasteiger partial charge in [0.1, 0.15) is 0 Å². The molecule has 3 heteroatoms. The molecule has 1 heterocycles. The average Bonchev–Trinajstić information content (AvgIpc) is 3.19. The molecule has 4 aliphatic carbocycles. The van der Waals surface area contributed by atoms with Gasteiger partial charge in [0.25, 0.3) is 0 Å². The van der Waals surface area contributed by atoms with Gasteiger partial charge in [0, 0.05) is 5.92 Å². The Morgan fingerprint density at radius 2 is 1.46 bits per heavy atom. The van der Waals surface area contributed by atoms with Crippen molar-refractivity contribution in [2.24, 2.45) is 40.4 Å². The first kappa shape index (κ1) is 17.9. The van der Waals surface area contributed by atoms with Crippen LogP contribution in [-0.2, 0) is 9.47 Å². The fourth-order valence-electron chi connectivity index (χ4n) is 8.83. The highest BCUT2D eigenvalue weighted by Crippen LogP contribution is 2.69. The first-order valence-corrected chi connectivity index (χ1v) is 11.3. The molecule has 1 saturated heterocycles. The maximum Gasteiger partial charge on any atom is 0.169 e. The van der Waals surface area contributed by atoms with Crippen LogP contribution in [0.3, 0.4) is 0 Å². The summed E-state index contributed by atoms with van der Waals surface area (Å²) in [7, 11) is 0. The van der Waals surface area contributed by atoms with E-state index in [1.165, 1.54) is 44.9 Å². The summed E-state index contributed by atoms with van der Waals surface area (Å²) in [4.78, 5) is 0. The van der Waals surface area contributed by atoms with Crippen LogP contribution in [0.25, 0.3) is 0 Å². The molecule has 0 aromatic carbocycles. The molecule has 1 aliphatic heterocycles. The molecule has 148 valence electrons. The Kier molecular flexibility index (Phi) is 4.10. The van der Waals surface area contributed by atoms with Gasteiger partial charge in [-0.3, -0.25) is 0 Å². The molecule has 5 fully saturated rings. The molecule has 3 nitrogen and oxygen atoms in total. The molecule has 0 aromatic heterocycles. The Hall–Kier alpha value is -0.120. The molecular weight excluding hydrogens is 324 g/mol. The van der Waals surface area contributed by atoms with Crippen molar-refractivity contribution < 1.29 is 14.6 Å². The molecule has 0 radical (unpaired) electrons.